The summed E-state index contributed by atoms with van der Waals surface area (Å²) in [6, 6.07) is 1.71. The average molecular weight is 293 g/mol. The van der Waals surface area contributed by atoms with Crippen molar-refractivity contribution in [2.24, 2.45) is 11.8 Å². The van der Waals surface area contributed by atoms with E-state index in [1.807, 2.05) is 24.6 Å². The second-order valence-corrected chi connectivity index (χ2v) is 5.64. The van der Waals surface area contributed by atoms with Crippen molar-refractivity contribution in [3.8, 4) is 0 Å². The van der Waals surface area contributed by atoms with E-state index in [0.29, 0.717) is 12.8 Å². The first-order chi connectivity index (χ1) is 10.0. The third-order valence-corrected chi connectivity index (χ3v) is 4.27. The molecule has 1 fully saturated rings. The van der Waals surface area contributed by atoms with Gasteiger partial charge < -0.3 is 10.4 Å². The van der Waals surface area contributed by atoms with E-state index in [2.05, 4.69) is 10.4 Å². The van der Waals surface area contributed by atoms with Crippen LogP contribution in [0.2, 0.25) is 0 Å². The molecule has 3 atom stereocenters. The summed E-state index contributed by atoms with van der Waals surface area (Å²) in [6.45, 7) is 4.63. The standard InChI is InChI=1S/C15H23N3O3/c1-3-18-13(8-9-16-18)10(2)17-14(19)11-6-4-5-7-12(11)15(20)21/h8-12H,3-7H2,1-2H3,(H,17,19)(H,20,21). The van der Waals surface area contributed by atoms with E-state index in [1.165, 1.54) is 0 Å². The number of aliphatic carboxylic acids is 1. The van der Waals surface area contributed by atoms with Crippen LogP contribution in [-0.4, -0.2) is 26.8 Å². The Hall–Kier alpha value is -1.85. The Bertz CT molecular complexity index is 512. The van der Waals surface area contributed by atoms with Crippen molar-refractivity contribution in [1.82, 2.24) is 15.1 Å². The smallest absolute Gasteiger partial charge is 0.307 e. The van der Waals surface area contributed by atoms with E-state index in [9.17, 15) is 14.7 Å². The molecule has 1 aromatic rings. The molecular formula is C15H23N3O3. The Morgan fingerprint density at radius 3 is 2.71 bits per heavy atom. The van der Waals surface area contributed by atoms with Crippen molar-refractivity contribution in [1.29, 1.82) is 0 Å². The molecular weight excluding hydrogens is 270 g/mol. The number of amides is 1. The van der Waals surface area contributed by atoms with Gasteiger partial charge in [0.25, 0.3) is 0 Å². The fourth-order valence-electron chi connectivity index (χ4n) is 3.11. The van der Waals surface area contributed by atoms with E-state index >= 15 is 0 Å². The lowest BCUT2D eigenvalue weighted by molar-refractivity contribution is -0.149. The molecule has 1 aromatic heterocycles. The Labute approximate surface area is 124 Å². The van der Waals surface area contributed by atoms with Crippen LogP contribution in [0.25, 0.3) is 0 Å². The Balaban J connectivity index is 2.04. The second kappa shape index (κ2) is 6.74. The Kier molecular flexibility index (Phi) is 4.98. The third kappa shape index (κ3) is 3.43. The van der Waals surface area contributed by atoms with Crippen molar-refractivity contribution in [3.63, 3.8) is 0 Å². The zero-order chi connectivity index (χ0) is 15.4. The van der Waals surface area contributed by atoms with Gasteiger partial charge in [-0.25, -0.2) is 0 Å². The topological polar surface area (TPSA) is 84.2 Å². The predicted octanol–water partition coefficient (Wildman–Crippen LogP) is 1.97. The molecule has 0 aliphatic heterocycles. The van der Waals surface area contributed by atoms with Gasteiger partial charge >= 0.3 is 5.97 Å². The zero-order valence-electron chi connectivity index (χ0n) is 12.6. The van der Waals surface area contributed by atoms with E-state index in [-0.39, 0.29) is 11.9 Å². The van der Waals surface area contributed by atoms with E-state index in [1.54, 1.807) is 6.20 Å². The molecule has 116 valence electrons. The lowest BCUT2D eigenvalue weighted by Crippen LogP contribution is -2.41. The number of carboxylic acids is 1. The van der Waals surface area contributed by atoms with Gasteiger partial charge in [-0.3, -0.25) is 14.3 Å². The van der Waals surface area contributed by atoms with Crippen LogP contribution in [0.5, 0.6) is 0 Å². The van der Waals surface area contributed by atoms with Crippen LogP contribution >= 0.6 is 0 Å². The van der Waals surface area contributed by atoms with Crippen LogP contribution in [0.3, 0.4) is 0 Å². The molecule has 0 saturated heterocycles. The van der Waals surface area contributed by atoms with Crippen molar-refractivity contribution in [2.75, 3.05) is 0 Å². The molecule has 3 unspecified atom stereocenters. The SMILES string of the molecule is CCn1nccc1C(C)NC(=O)C1CCCCC1C(=O)O. The summed E-state index contributed by atoms with van der Waals surface area (Å²) in [7, 11) is 0. The maximum atomic E-state index is 12.4. The quantitative estimate of drug-likeness (QED) is 0.869. The van der Waals surface area contributed by atoms with Gasteiger partial charge in [-0.2, -0.15) is 5.10 Å². The van der Waals surface area contributed by atoms with Crippen LogP contribution in [-0.2, 0) is 16.1 Å². The molecule has 1 aliphatic rings. The first-order valence-corrected chi connectivity index (χ1v) is 7.59. The highest BCUT2D eigenvalue weighted by Gasteiger charge is 2.36. The molecule has 0 bridgehead atoms. The molecule has 0 radical (unpaired) electrons. The second-order valence-electron chi connectivity index (χ2n) is 5.64. The maximum Gasteiger partial charge on any atom is 0.307 e. The molecule has 2 rings (SSSR count). The molecule has 1 heterocycles. The minimum absolute atomic E-state index is 0.154. The molecule has 21 heavy (non-hydrogen) atoms. The first kappa shape index (κ1) is 15.5. The molecule has 1 aliphatic carbocycles. The number of carbonyl (C=O) groups is 2. The van der Waals surface area contributed by atoms with Gasteiger partial charge in [0.2, 0.25) is 5.91 Å². The number of aryl methyl sites for hydroxylation is 1. The number of carbonyl (C=O) groups excluding carboxylic acids is 1. The summed E-state index contributed by atoms with van der Waals surface area (Å²) in [5.74, 6) is -1.99. The number of rotatable bonds is 5. The lowest BCUT2D eigenvalue weighted by atomic mass is 9.78. The van der Waals surface area contributed by atoms with Crippen LogP contribution in [0.15, 0.2) is 12.3 Å². The minimum Gasteiger partial charge on any atom is -0.481 e. The highest BCUT2D eigenvalue weighted by atomic mass is 16.4. The highest BCUT2D eigenvalue weighted by molar-refractivity contribution is 5.85. The first-order valence-electron chi connectivity index (χ1n) is 7.59. The Morgan fingerprint density at radius 2 is 2.10 bits per heavy atom. The number of aromatic nitrogens is 2. The summed E-state index contributed by atoms with van der Waals surface area (Å²) in [6.07, 6.45) is 4.77. The van der Waals surface area contributed by atoms with Gasteiger partial charge in [0.15, 0.2) is 0 Å². The number of carboxylic acid groups (broad SMARTS) is 1. The third-order valence-electron chi connectivity index (χ3n) is 4.27. The van der Waals surface area contributed by atoms with Crippen molar-refractivity contribution < 1.29 is 14.7 Å². The highest BCUT2D eigenvalue weighted by Crippen LogP contribution is 2.31. The van der Waals surface area contributed by atoms with Crippen LogP contribution < -0.4 is 5.32 Å². The summed E-state index contributed by atoms with van der Waals surface area (Å²) in [5, 5.41) is 16.4. The van der Waals surface area contributed by atoms with Gasteiger partial charge in [0.05, 0.1) is 23.6 Å². The number of hydrogen-bond acceptors (Lipinski definition) is 3. The van der Waals surface area contributed by atoms with Crippen LogP contribution in [0.1, 0.15) is 51.3 Å². The average Bonchev–Trinajstić information content (AvgIpc) is 2.95. The fourth-order valence-corrected chi connectivity index (χ4v) is 3.11. The number of nitrogens with zero attached hydrogens (tertiary/aromatic N) is 2. The van der Waals surface area contributed by atoms with Crippen molar-refractivity contribution >= 4 is 11.9 Å². The maximum absolute atomic E-state index is 12.4. The molecule has 6 nitrogen and oxygen atoms in total. The molecule has 1 saturated carbocycles. The number of hydrogen-bond donors (Lipinski definition) is 2. The Morgan fingerprint density at radius 1 is 1.43 bits per heavy atom. The van der Waals surface area contributed by atoms with Gasteiger partial charge in [-0.15, -0.1) is 0 Å². The zero-order valence-corrected chi connectivity index (χ0v) is 12.6. The molecule has 2 N–H and O–H groups in total. The predicted molar refractivity (Wildman–Crippen MR) is 77.5 cm³/mol. The van der Waals surface area contributed by atoms with E-state index in [4.69, 9.17) is 0 Å². The van der Waals surface area contributed by atoms with Gasteiger partial charge in [-0.1, -0.05) is 12.8 Å². The van der Waals surface area contributed by atoms with Gasteiger partial charge in [0.1, 0.15) is 0 Å². The summed E-state index contributed by atoms with van der Waals surface area (Å²) in [5.41, 5.74) is 0.938. The van der Waals surface area contributed by atoms with Crippen molar-refractivity contribution in [3.05, 3.63) is 18.0 Å². The van der Waals surface area contributed by atoms with Crippen molar-refractivity contribution in [2.45, 2.75) is 52.1 Å². The minimum atomic E-state index is -0.860. The van der Waals surface area contributed by atoms with E-state index in [0.717, 1.165) is 25.1 Å². The monoisotopic (exact) mass is 293 g/mol. The molecule has 6 heteroatoms. The number of nitrogens with one attached hydrogen (secondary N) is 1. The van der Waals surface area contributed by atoms with Crippen LogP contribution in [0, 0.1) is 11.8 Å². The normalized spacial score (nSPS) is 23.5. The lowest BCUT2D eigenvalue weighted by Gasteiger charge is -2.28. The van der Waals surface area contributed by atoms with Gasteiger partial charge in [-0.05, 0) is 32.8 Å². The molecule has 1 amide bonds. The van der Waals surface area contributed by atoms with Gasteiger partial charge in [0, 0.05) is 12.7 Å². The largest absolute Gasteiger partial charge is 0.481 e. The molecule has 0 aromatic carbocycles. The summed E-state index contributed by atoms with van der Waals surface area (Å²) < 4.78 is 1.83. The summed E-state index contributed by atoms with van der Waals surface area (Å²) in [4.78, 5) is 23.7. The fraction of sp³-hybridized carbons (Fsp3) is 0.667. The summed E-state index contributed by atoms with van der Waals surface area (Å²) >= 11 is 0. The molecule has 0 spiro atoms. The van der Waals surface area contributed by atoms with E-state index < -0.39 is 17.8 Å². The van der Waals surface area contributed by atoms with Crippen LogP contribution in [0.4, 0.5) is 0 Å².